The van der Waals surface area contributed by atoms with Gasteiger partial charge in [0.05, 0.1) is 26.4 Å². The molecule has 0 aliphatic heterocycles. The number of carbonyl (C=O) groups is 1. The van der Waals surface area contributed by atoms with Gasteiger partial charge >= 0.3 is 6.16 Å². The number of carbonyl (C=O) groups excluding carboxylic acids is 1. The maximum Gasteiger partial charge on any atom is 0.508 e. The van der Waals surface area contributed by atoms with Crippen molar-refractivity contribution >= 4 is 6.16 Å². The summed E-state index contributed by atoms with van der Waals surface area (Å²) in [7, 11) is 1.27. The molecule has 1 atom stereocenters. The molecular formula is C11H22O5. The number of methoxy groups -OCH3 is 1. The van der Waals surface area contributed by atoms with Crippen LogP contribution in [-0.2, 0) is 18.9 Å². The maximum absolute atomic E-state index is 10.6. The Morgan fingerprint density at radius 2 is 2.00 bits per heavy atom. The SMILES string of the molecule is CCCCOCCOC(C)COC(=O)OC. The number of rotatable bonds is 9. The Morgan fingerprint density at radius 3 is 2.62 bits per heavy atom. The highest BCUT2D eigenvalue weighted by Crippen LogP contribution is 1.94. The van der Waals surface area contributed by atoms with Crippen LogP contribution in [0.25, 0.3) is 0 Å². The minimum absolute atomic E-state index is 0.145. The highest BCUT2D eigenvalue weighted by Gasteiger charge is 2.06. The molecule has 5 nitrogen and oxygen atoms in total. The first-order chi connectivity index (χ1) is 7.70. The van der Waals surface area contributed by atoms with Gasteiger partial charge in [0.15, 0.2) is 0 Å². The average molecular weight is 234 g/mol. The monoisotopic (exact) mass is 234 g/mol. The summed E-state index contributed by atoms with van der Waals surface area (Å²) in [6.07, 6.45) is 1.37. The average Bonchev–Trinajstić information content (AvgIpc) is 2.30. The molecule has 0 aliphatic rings. The minimum atomic E-state index is -0.686. The van der Waals surface area contributed by atoms with Gasteiger partial charge in [0.2, 0.25) is 0 Å². The topological polar surface area (TPSA) is 54.0 Å². The van der Waals surface area contributed by atoms with E-state index in [2.05, 4.69) is 11.7 Å². The number of unbranched alkanes of at least 4 members (excludes halogenated alkanes) is 1. The molecule has 0 aromatic rings. The largest absolute Gasteiger partial charge is 0.508 e. The summed E-state index contributed by atoms with van der Waals surface area (Å²) in [6.45, 7) is 5.99. The van der Waals surface area contributed by atoms with Crippen LogP contribution in [0.15, 0.2) is 0 Å². The lowest BCUT2D eigenvalue weighted by atomic mass is 10.4. The zero-order valence-corrected chi connectivity index (χ0v) is 10.4. The first-order valence-corrected chi connectivity index (χ1v) is 5.60. The lowest BCUT2D eigenvalue weighted by molar-refractivity contribution is -0.0250. The fraction of sp³-hybridized carbons (Fsp3) is 0.909. The zero-order chi connectivity index (χ0) is 12.2. The quantitative estimate of drug-likeness (QED) is 0.451. The van der Waals surface area contributed by atoms with E-state index >= 15 is 0 Å². The Hall–Kier alpha value is -0.810. The molecule has 96 valence electrons. The number of hydrogen-bond acceptors (Lipinski definition) is 5. The van der Waals surface area contributed by atoms with Gasteiger partial charge in [0.25, 0.3) is 0 Å². The minimum Gasteiger partial charge on any atom is -0.438 e. The summed E-state index contributed by atoms with van der Waals surface area (Å²) in [5, 5.41) is 0. The van der Waals surface area contributed by atoms with Crippen molar-refractivity contribution in [2.75, 3.05) is 33.5 Å². The van der Waals surface area contributed by atoms with Gasteiger partial charge in [-0.2, -0.15) is 0 Å². The maximum atomic E-state index is 10.6. The first-order valence-electron chi connectivity index (χ1n) is 5.60. The summed E-state index contributed by atoms with van der Waals surface area (Å²) in [5.74, 6) is 0. The van der Waals surface area contributed by atoms with Crippen LogP contribution >= 0.6 is 0 Å². The molecule has 0 N–H and O–H groups in total. The van der Waals surface area contributed by atoms with Gasteiger partial charge in [0.1, 0.15) is 6.61 Å². The molecule has 0 heterocycles. The second-order valence-corrected chi connectivity index (χ2v) is 3.41. The highest BCUT2D eigenvalue weighted by atomic mass is 16.7. The third-order valence-corrected chi connectivity index (χ3v) is 1.87. The molecular weight excluding hydrogens is 212 g/mol. The second-order valence-electron chi connectivity index (χ2n) is 3.41. The van der Waals surface area contributed by atoms with Crippen molar-refractivity contribution in [3.8, 4) is 0 Å². The van der Waals surface area contributed by atoms with E-state index in [9.17, 15) is 4.79 Å². The van der Waals surface area contributed by atoms with Crippen molar-refractivity contribution in [1.29, 1.82) is 0 Å². The van der Waals surface area contributed by atoms with E-state index in [1.165, 1.54) is 7.11 Å². The van der Waals surface area contributed by atoms with Gasteiger partial charge in [-0.3, -0.25) is 0 Å². The Morgan fingerprint density at radius 1 is 1.25 bits per heavy atom. The third-order valence-electron chi connectivity index (χ3n) is 1.87. The van der Waals surface area contributed by atoms with Gasteiger partial charge in [-0.25, -0.2) is 4.79 Å². The molecule has 0 spiro atoms. The van der Waals surface area contributed by atoms with Crippen LogP contribution in [0.1, 0.15) is 26.7 Å². The van der Waals surface area contributed by atoms with Crippen LogP contribution in [0.3, 0.4) is 0 Å². The summed E-state index contributed by atoms with van der Waals surface area (Å²) in [4.78, 5) is 10.6. The van der Waals surface area contributed by atoms with Crippen LogP contribution in [0.4, 0.5) is 4.79 Å². The lowest BCUT2D eigenvalue weighted by Gasteiger charge is -2.12. The van der Waals surface area contributed by atoms with Crippen molar-refractivity contribution in [3.05, 3.63) is 0 Å². The number of ether oxygens (including phenoxy) is 4. The molecule has 0 fully saturated rings. The van der Waals surface area contributed by atoms with Gasteiger partial charge in [-0.05, 0) is 13.3 Å². The van der Waals surface area contributed by atoms with E-state index in [-0.39, 0.29) is 12.7 Å². The molecule has 16 heavy (non-hydrogen) atoms. The van der Waals surface area contributed by atoms with Crippen molar-refractivity contribution in [3.63, 3.8) is 0 Å². The van der Waals surface area contributed by atoms with E-state index < -0.39 is 6.16 Å². The molecule has 0 radical (unpaired) electrons. The van der Waals surface area contributed by atoms with E-state index in [0.717, 1.165) is 19.4 Å². The normalized spacial score (nSPS) is 12.2. The molecule has 0 aromatic carbocycles. The first kappa shape index (κ1) is 15.2. The standard InChI is InChI=1S/C11H22O5/c1-4-5-6-14-7-8-15-10(2)9-16-11(12)13-3/h10H,4-9H2,1-3H3. The zero-order valence-electron chi connectivity index (χ0n) is 10.4. The predicted octanol–water partition coefficient (Wildman–Crippen LogP) is 1.99. The summed E-state index contributed by atoms with van der Waals surface area (Å²) >= 11 is 0. The van der Waals surface area contributed by atoms with Crippen molar-refractivity contribution in [1.82, 2.24) is 0 Å². The Balaban J connectivity index is 3.23. The molecule has 0 bridgehead atoms. The Labute approximate surface area is 97.0 Å². The summed E-state index contributed by atoms with van der Waals surface area (Å²) in [6, 6.07) is 0. The molecule has 0 saturated heterocycles. The summed E-state index contributed by atoms with van der Waals surface area (Å²) < 4.78 is 19.7. The van der Waals surface area contributed by atoms with Crippen molar-refractivity contribution in [2.24, 2.45) is 0 Å². The third kappa shape index (κ3) is 9.73. The van der Waals surface area contributed by atoms with Crippen molar-refractivity contribution in [2.45, 2.75) is 32.8 Å². The van der Waals surface area contributed by atoms with E-state index in [1.54, 1.807) is 0 Å². The van der Waals surface area contributed by atoms with E-state index in [1.807, 2.05) is 6.92 Å². The molecule has 0 aliphatic carbocycles. The lowest BCUT2D eigenvalue weighted by Crippen LogP contribution is -2.21. The molecule has 0 saturated carbocycles. The molecule has 1 unspecified atom stereocenters. The van der Waals surface area contributed by atoms with Crippen LogP contribution < -0.4 is 0 Å². The van der Waals surface area contributed by atoms with Crippen molar-refractivity contribution < 1.29 is 23.7 Å². The van der Waals surface area contributed by atoms with Gasteiger partial charge < -0.3 is 18.9 Å². The second kappa shape index (κ2) is 10.7. The highest BCUT2D eigenvalue weighted by molar-refractivity contribution is 5.59. The fourth-order valence-electron chi connectivity index (χ4n) is 0.949. The van der Waals surface area contributed by atoms with Crippen LogP contribution in [0.2, 0.25) is 0 Å². The summed E-state index contributed by atoms with van der Waals surface area (Å²) in [5.41, 5.74) is 0. The molecule has 0 rings (SSSR count). The van der Waals surface area contributed by atoms with E-state index in [0.29, 0.717) is 13.2 Å². The predicted molar refractivity (Wildman–Crippen MR) is 59.5 cm³/mol. The molecule has 5 heteroatoms. The van der Waals surface area contributed by atoms with Crippen LogP contribution in [0.5, 0.6) is 0 Å². The van der Waals surface area contributed by atoms with Gasteiger partial charge in [-0.15, -0.1) is 0 Å². The molecule has 0 amide bonds. The van der Waals surface area contributed by atoms with Gasteiger partial charge in [0, 0.05) is 6.61 Å². The Kier molecular flexibility index (Phi) is 10.2. The van der Waals surface area contributed by atoms with Gasteiger partial charge in [-0.1, -0.05) is 13.3 Å². The van der Waals surface area contributed by atoms with E-state index in [4.69, 9.17) is 14.2 Å². The fourth-order valence-corrected chi connectivity index (χ4v) is 0.949. The number of hydrogen-bond donors (Lipinski definition) is 0. The smallest absolute Gasteiger partial charge is 0.438 e. The Bertz CT molecular complexity index is 172. The molecule has 0 aromatic heterocycles. The van der Waals surface area contributed by atoms with Crippen LogP contribution in [-0.4, -0.2) is 45.8 Å². The van der Waals surface area contributed by atoms with Crippen LogP contribution in [0, 0.1) is 0 Å².